The molecule has 19 heteroatoms. The van der Waals surface area contributed by atoms with Crippen molar-refractivity contribution in [3.63, 3.8) is 0 Å². The van der Waals surface area contributed by atoms with Crippen molar-refractivity contribution in [3.05, 3.63) is 127 Å². The SMILES string of the molecule is COc1c(Cl)cccc1Nc1cc(Cc2ccc(C)nn2)nc2c1C(=O)N(C)C2.COc1c(Cl)cccc1Nc1cc(Cl)nc2c1C(=O)N(C)C2.Cc1cnc(N)nn1. The Morgan fingerprint density at radius 2 is 1.22 bits per heavy atom. The van der Waals surface area contributed by atoms with E-state index < -0.39 is 0 Å². The van der Waals surface area contributed by atoms with E-state index >= 15 is 0 Å². The van der Waals surface area contributed by atoms with Crippen molar-refractivity contribution in [2.45, 2.75) is 33.4 Å². The van der Waals surface area contributed by atoms with Gasteiger partial charge in [-0.05, 0) is 62.4 Å². The number of aromatic nitrogens is 7. The Bertz CT molecular complexity index is 2490. The van der Waals surface area contributed by atoms with Gasteiger partial charge < -0.3 is 35.6 Å². The Morgan fingerprint density at radius 1 is 0.678 bits per heavy atom. The molecule has 4 aromatic heterocycles. The predicted molar refractivity (Wildman–Crippen MR) is 226 cm³/mol. The zero-order chi connectivity index (χ0) is 42.4. The number of nitrogen functional groups attached to an aromatic ring is 1. The maximum absolute atomic E-state index is 12.7. The highest BCUT2D eigenvalue weighted by Gasteiger charge is 2.31. The molecule has 6 aromatic rings. The van der Waals surface area contributed by atoms with Crippen molar-refractivity contribution in [3.8, 4) is 11.5 Å². The smallest absolute Gasteiger partial charge is 0.257 e. The van der Waals surface area contributed by atoms with Gasteiger partial charge >= 0.3 is 0 Å². The number of carbonyl (C=O) groups is 2. The fourth-order valence-corrected chi connectivity index (χ4v) is 6.87. The number of benzene rings is 2. The van der Waals surface area contributed by atoms with Crippen molar-refractivity contribution in [2.24, 2.45) is 0 Å². The monoisotopic (exact) mass is 856 g/mol. The maximum atomic E-state index is 12.7. The Morgan fingerprint density at radius 3 is 1.71 bits per heavy atom. The topological polar surface area (TPSA) is 199 Å². The Hall–Kier alpha value is -6.36. The van der Waals surface area contributed by atoms with Crippen LogP contribution in [0.4, 0.5) is 28.7 Å². The molecule has 0 unspecified atom stereocenters. The van der Waals surface area contributed by atoms with Gasteiger partial charge in [-0.15, -0.1) is 5.10 Å². The van der Waals surface area contributed by atoms with Crippen LogP contribution in [-0.2, 0) is 19.5 Å². The van der Waals surface area contributed by atoms with Crippen molar-refractivity contribution < 1.29 is 19.1 Å². The van der Waals surface area contributed by atoms with E-state index in [2.05, 4.69) is 41.0 Å². The number of amides is 2. The van der Waals surface area contributed by atoms with Crippen molar-refractivity contribution in [2.75, 3.05) is 44.7 Å². The summed E-state index contributed by atoms with van der Waals surface area (Å²) in [7, 11) is 6.58. The number of nitrogens with two attached hydrogens (primary N) is 1. The molecule has 0 saturated carbocycles. The molecule has 0 fully saturated rings. The summed E-state index contributed by atoms with van der Waals surface area (Å²) in [5.41, 5.74) is 13.5. The number of anilines is 5. The van der Waals surface area contributed by atoms with E-state index in [0.29, 0.717) is 85.8 Å². The quantitative estimate of drug-likeness (QED) is 0.129. The molecule has 4 N–H and O–H groups in total. The lowest BCUT2D eigenvalue weighted by atomic mass is 10.1. The average molecular weight is 858 g/mol. The van der Waals surface area contributed by atoms with Crippen LogP contribution in [0.25, 0.3) is 0 Å². The number of para-hydroxylation sites is 2. The Balaban J connectivity index is 0.000000171. The minimum absolute atomic E-state index is 0.0716. The Labute approximate surface area is 355 Å². The van der Waals surface area contributed by atoms with Gasteiger partial charge in [0.2, 0.25) is 5.95 Å². The third-order valence-electron chi connectivity index (χ3n) is 8.90. The van der Waals surface area contributed by atoms with Gasteiger partial charge in [0, 0.05) is 26.2 Å². The molecule has 0 atom stereocenters. The second-order valence-corrected chi connectivity index (χ2v) is 14.5. The van der Waals surface area contributed by atoms with Gasteiger partial charge in [0.1, 0.15) is 5.15 Å². The van der Waals surface area contributed by atoms with E-state index in [4.69, 9.17) is 55.0 Å². The molecule has 6 heterocycles. The number of hydrogen-bond donors (Lipinski definition) is 3. The van der Waals surface area contributed by atoms with Crippen molar-refractivity contribution >= 4 is 75.3 Å². The molecular formula is C40H39Cl3N12O4. The van der Waals surface area contributed by atoms with Gasteiger partial charge in [0.05, 0.1) is 106 Å². The number of aryl methyl sites for hydroxylation is 2. The van der Waals surface area contributed by atoms with E-state index in [1.807, 2.05) is 43.3 Å². The first kappa shape index (κ1) is 42.3. The summed E-state index contributed by atoms with van der Waals surface area (Å²) < 4.78 is 10.7. The van der Waals surface area contributed by atoms with E-state index in [-0.39, 0.29) is 17.8 Å². The highest BCUT2D eigenvalue weighted by molar-refractivity contribution is 6.33. The number of rotatable bonds is 8. The largest absolute Gasteiger partial charge is 0.493 e. The minimum Gasteiger partial charge on any atom is -0.493 e. The summed E-state index contributed by atoms with van der Waals surface area (Å²) in [5, 5.41) is 23.3. The van der Waals surface area contributed by atoms with Gasteiger partial charge in [0.25, 0.3) is 11.8 Å². The third-order valence-corrected chi connectivity index (χ3v) is 9.68. The van der Waals surface area contributed by atoms with E-state index in [1.165, 1.54) is 7.11 Å². The number of halogens is 3. The number of nitrogens with zero attached hydrogens (tertiary/aromatic N) is 9. The number of pyridine rings is 2. The van der Waals surface area contributed by atoms with Gasteiger partial charge in [-0.25, -0.2) is 9.97 Å². The molecule has 2 amide bonds. The Kier molecular flexibility index (Phi) is 13.2. The first-order valence-electron chi connectivity index (χ1n) is 17.9. The molecule has 0 radical (unpaired) electrons. The summed E-state index contributed by atoms with van der Waals surface area (Å²) >= 11 is 18.4. The van der Waals surface area contributed by atoms with Crippen LogP contribution in [-0.4, -0.2) is 85.3 Å². The summed E-state index contributed by atoms with van der Waals surface area (Å²) in [6.07, 6.45) is 2.09. The molecule has 16 nitrogen and oxygen atoms in total. The first-order valence-corrected chi connectivity index (χ1v) is 19.0. The van der Waals surface area contributed by atoms with Gasteiger partial charge in [-0.1, -0.05) is 46.9 Å². The van der Waals surface area contributed by atoms with E-state index in [1.54, 1.807) is 68.4 Å². The van der Waals surface area contributed by atoms with Crippen molar-refractivity contribution in [1.29, 1.82) is 0 Å². The predicted octanol–water partition coefficient (Wildman–Crippen LogP) is 7.25. The number of fused-ring (bicyclic) bond motifs is 2. The molecule has 2 aliphatic heterocycles. The molecular weight excluding hydrogens is 819 g/mol. The lowest BCUT2D eigenvalue weighted by molar-refractivity contribution is 0.0809. The lowest BCUT2D eigenvalue weighted by Gasteiger charge is -2.15. The standard InChI is InChI=1S/C21H20ClN5O2.C15H13Cl2N3O2.C4H6N4/c1-12-7-8-13(26-25-12)9-14-10-17(19-18(23-14)11-27(2)21(19)28)24-16-6-4-5-15(22)20(16)29-3;1-20-7-11-13(15(20)21)10(6-12(17)19-11)18-9-5-3-4-8(16)14(9)22-2;1-3-2-6-4(5)8-7-3/h4-8,10H,9,11H2,1-3H3,(H,23,24);3-6H,7H2,1-2H3,(H,18,19);2H,1H3,(H2,5,6,8). The maximum Gasteiger partial charge on any atom is 0.257 e. The summed E-state index contributed by atoms with van der Waals surface area (Å²) in [6, 6.07) is 18.1. The molecule has 8 rings (SSSR count). The second kappa shape index (κ2) is 18.5. The molecule has 0 spiro atoms. The highest BCUT2D eigenvalue weighted by atomic mass is 35.5. The van der Waals surface area contributed by atoms with Crippen LogP contribution in [0.2, 0.25) is 15.2 Å². The molecule has 2 aliphatic rings. The normalized spacial score (nSPS) is 12.5. The molecule has 0 saturated heterocycles. The average Bonchev–Trinajstić information content (AvgIpc) is 3.66. The number of carbonyl (C=O) groups excluding carboxylic acids is 2. The van der Waals surface area contributed by atoms with E-state index in [9.17, 15) is 9.59 Å². The molecule has 304 valence electrons. The fourth-order valence-electron chi connectivity index (χ4n) is 6.16. The zero-order valence-electron chi connectivity index (χ0n) is 32.8. The number of methoxy groups -OCH3 is 2. The van der Waals surface area contributed by atoms with Crippen LogP contribution < -0.4 is 25.8 Å². The van der Waals surface area contributed by atoms with Gasteiger partial charge in [-0.2, -0.15) is 15.3 Å². The van der Waals surface area contributed by atoms with Crippen LogP contribution in [0.5, 0.6) is 11.5 Å². The van der Waals surface area contributed by atoms with Crippen LogP contribution in [0.3, 0.4) is 0 Å². The number of nitrogens with one attached hydrogen (secondary N) is 2. The fraction of sp³-hybridized carbons (Fsp3) is 0.225. The molecule has 0 aliphatic carbocycles. The van der Waals surface area contributed by atoms with Gasteiger partial charge in [-0.3, -0.25) is 14.6 Å². The summed E-state index contributed by atoms with van der Waals surface area (Å²) in [6.45, 7) is 4.60. The summed E-state index contributed by atoms with van der Waals surface area (Å²) in [4.78, 5) is 40.8. The van der Waals surface area contributed by atoms with Crippen LogP contribution in [0, 0.1) is 13.8 Å². The third kappa shape index (κ3) is 9.85. The van der Waals surface area contributed by atoms with Crippen molar-refractivity contribution in [1.82, 2.24) is 45.1 Å². The lowest BCUT2D eigenvalue weighted by Crippen LogP contribution is -2.18. The molecule has 2 aromatic carbocycles. The molecule has 0 bridgehead atoms. The second-order valence-electron chi connectivity index (χ2n) is 13.3. The first-order chi connectivity index (χ1) is 28.3. The molecule has 59 heavy (non-hydrogen) atoms. The highest BCUT2D eigenvalue weighted by Crippen LogP contribution is 2.39. The minimum atomic E-state index is -0.0948. The summed E-state index contributed by atoms with van der Waals surface area (Å²) in [5.74, 6) is 1.07. The van der Waals surface area contributed by atoms with Gasteiger partial charge in [0.15, 0.2) is 11.5 Å². The number of ether oxygens (including phenoxy) is 2. The van der Waals surface area contributed by atoms with Crippen LogP contribution in [0.1, 0.15) is 54.9 Å². The van der Waals surface area contributed by atoms with Crippen LogP contribution in [0.15, 0.2) is 66.9 Å². The van der Waals surface area contributed by atoms with E-state index in [0.717, 1.165) is 28.5 Å². The van der Waals surface area contributed by atoms with Crippen LogP contribution >= 0.6 is 34.8 Å². The zero-order valence-corrected chi connectivity index (χ0v) is 35.1. The number of hydrogen-bond acceptors (Lipinski definition) is 14.